The summed E-state index contributed by atoms with van der Waals surface area (Å²) >= 11 is 0. The first kappa shape index (κ1) is 19.6. The van der Waals surface area contributed by atoms with Gasteiger partial charge in [-0.2, -0.15) is 0 Å². The molecular weight excluding hydrogens is 366 g/mol. The van der Waals surface area contributed by atoms with Gasteiger partial charge in [-0.1, -0.05) is 36.4 Å². The minimum atomic E-state index is -0.156. The third kappa shape index (κ3) is 5.65. The molecule has 1 saturated carbocycles. The number of hydrogen-bond acceptors (Lipinski definition) is 4. The molecule has 2 aromatic carbocycles. The molecule has 1 unspecified atom stereocenters. The molecule has 0 radical (unpaired) electrons. The second-order valence-electron chi connectivity index (χ2n) is 7.77. The average molecular weight is 393 g/mol. The zero-order valence-electron chi connectivity index (χ0n) is 16.5. The van der Waals surface area contributed by atoms with E-state index in [0.717, 1.165) is 32.5 Å². The van der Waals surface area contributed by atoms with E-state index in [9.17, 15) is 9.59 Å². The highest BCUT2D eigenvalue weighted by molar-refractivity contribution is 5.98. The summed E-state index contributed by atoms with van der Waals surface area (Å²) in [5.41, 5.74) is 2.48. The lowest BCUT2D eigenvalue weighted by molar-refractivity contribution is -0.117. The molecule has 152 valence electrons. The van der Waals surface area contributed by atoms with Crippen LogP contribution in [0.1, 0.15) is 28.8 Å². The predicted octanol–water partition coefficient (Wildman–Crippen LogP) is 2.67. The van der Waals surface area contributed by atoms with Crippen LogP contribution in [-0.2, 0) is 16.1 Å². The Morgan fingerprint density at radius 2 is 1.90 bits per heavy atom. The molecule has 0 spiro atoms. The minimum absolute atomic E-state index is 0.0332. The van der Waals surface area contributed by atoms with Crippen molar-refractivity contribution in [3.8, 4) is 0 Å². The molecule has 2 fully saturated rings. The Labute approximate surface area is 171 Å². The Hall–Kier alpha value is -2.70. The summed E-state index contributed by atoms with van der Waals surface area (Å²) < 4.78 is 5.83. The summed E-state index contributed by atoms with van der Waals surface area (Å²) in [6, 6.07) is 17.4. The second kappa shape index (κ2) is 9.20. The fourth-order valence-corrected chi connectivity index (χ4v) is 3.53. The maximum atomic E-state index is 12.6. The maximum Gasteiger partial charge on any atom is 0.251 e. The Balaban J connectivity index is 1.27. The van der Waals surface area contributed by atoms with Gasteiger partial charge in [0.25, 0.3) is 5.91 Å². The summed E-state index contributed by atoms with van der Waals surface area (Å²) in [6.07, 6.45) is 1.87. The molecular formula is C23H27N3O3. The molecule has 6 heteroatoms. The number of hydrogen-bond donors (Lipinski definition) is 2. The van der Waals surface area contributed by atoms with Crippen LogP contribution in [-0.4, -0.2) is 49.1 Å². The minimum Gasteiger partial charge on any atom is -0.374 e. The summed E-state index contributed by atoms with van der Waals surface area (Å²) in [7, 11) is 0. The maximum absolute atomic E-state index is 12.6. The van der Waals surface area contributed by atoms with Crippen molar-refractivity contribution in [2.75, 3.05) is 31.6 Å². The molecule has 1 heterocycles. The van der Waals surface area contributed by atoms with Crippen LogP contribution in [0.15, 0.2) is 54.6 Å². The summed E-state index contributed by atoms with van der Waals surface area (Å²) in [5.74, 6) is 0.0164. The van der Waals surface area contributed by atoms with Crippen molar-refractivity contribution in [3.63, 3.8) is 0 Å². The number of carbonyl (C=O) groups excluding carboxylic acids is 2. The van der Waals surface area contributed by atoms with Gasteiger partial charge in [0.15, 0.2) is 0 Å². The quantitative estimate of drug-likeness (QED) is 0.759. The van der Waals surface area contributed by atoms with Crippen LogP contribution in [0, 0.1) is 5.92 Å². The molecule has 6 nitrogen and oxygen atoms in total. The summed E-state index contributed by atoms with van der Waals surface area (Å²) in [4.78, 5) is 26.8. The van der Waals surface area contributed by atoms with Crippen LogP contribution in [0.2, 0.25) is 0 Å². The molecule has 1 saturated heterocycles. The lowest BCUT2D eigenvalue weighted by Gasteiger charge is -2.33. The van der Waals surface area contributed by atoms with Gasteiger partial charge in [0, 0.05) is 43.3 Å². The monoisotopic (exact) mass is 393 g/mol. The van der Waals surface area contributed by atoms with Gasteiger partial charge in [-0.3, -0.25) is 14.5 Å². The van der Waals surface area contributed by atoms with Gasteiger partial charge in [0.1, 0.15) is 0 Å². The van der Waals surface area contributed by atoms with E-state index in [1.807, 2.05) is 12.1 Å². The Bertz CT molecular complexity index is 851. The van der Waals surface area contributed by atoms with Crippen molar-refractivity contribution < 1.29 is 14.3 Å². The van der Waals surface area contributed by atoms with Crippen molar-refractivity contribution in [1.29, 1.82) is 0 Å². The first-order valence-corrected chi connectivity index (χ1v) is 10.2. The molecule has 2 amide bonds. The zero-order valence-corrected chi connectivity index (χ0v) is 16.5. The number of nitrogens with one attached hydrogen (secondary N) is 2. The lowest BCUT2D eigenvalue weighted by atomic mass is 10.1. The number of carbonyl (C=O) groups is 2. The average Bonchev–Trinajstić information content (AvgIpc) is 3.59. The lowest BCUT2D eigenvalue weighted by Crippen LogP contribution is -2.47. The van der Waals surface area contributed by atoms with Gasteiger partial charge >= 0.3 is 0 Å². The van der Waals surface area contributed by atoms with E-state index in [4.69, 9.17) is 4.74 Å². The third-order valence-electron chi connectivity index (χ3n) is 5.30. The van der Waals surface area contributed by atoms with Gasteiger partial charge in [-0.15, -0.1) is 0 Å². The fraction of sp³-hybridized carbons (Fsp3) is 0.391. The highest BCUT2D eigenvalue weighted by Gasteiger charge is 2.29. The van der Waals surface area contributed by atoms with Crippen LogP contribution in [0.5, 0.6) is 0 Å². The summed E-state index contributed by atoms with van der Waals surface area (Å²) in [6.45, 7) is 3.69. The number of nitrogens with zero attached hydrogens (tertiary/aromatic N) is 1. The Kier molecular flexibility index (Phi) is 6.22. The number of ether oxygens (including phenoxy) is 1. The fourth-order valence-electron chi connectivity index (χ4n) is 3.53. The molecule has 0 aromatic heterocycles. The second-order valence-corrected chi connectivity index (χ2v) is 7.77. The standard InChI is InChI=1S/C23H27N3O3/c27-22(19-7-4-8-20(13-19)25-23(28)18-9-10-18)24-14-21-16-26(11-12-29-21)15-17-5-2-1-3-6-17/h1-8,13,18,21H,9-12,14-16H2,(H,24,27)(H,25,28). The first-order valence-electron chi connectivity index (χ1n) is 10.2. The molecule has 2 aliphatic rings. The van der Waals surface area contributed by atoms with E-state index in [1.54, 1.807) is 18.2 Å². The molecule has 4 rings (SSSR count). The van der Waals surface area contributed by atoms with Crippen molar-refractivity contribution in [1.82, 2.24) is 10.2 Å². The highest BCUT2D eigenvalue weighted by Crippen LogP contribution is 2.30. The number of morpholine rings is 1. The molecule has 1 aliphatic heterocycles. The molecule has 1 aliphatic carbocycles. The van der Waals surface area contributed by atoms with E-state index >= 15 is 0 Å². The topological polar surface area (TPSA) is 70.7 Å². The van der Waals surface area contributed by atoms with Gasteiger partial charge in [-0.05, 0) is 36.6 Å². The van der Waals surface area contributed by atoms with Gasteiger partial charge in [0.05, 0.1) is 12.7 Å². The van der Waals surface area contributed by atoms with Gasteiger partial charge in [-0.25, -0.2) is 0 Å². The van der Waals surface area contributed by atoms with Crippen LogP contribution in [0.25, 0.3) is 0 Å². The van der Waals surface area contributed by atoms with E-state index < -0.39 is 0 Å². The SMILES string of the molecule is O=C(NCC1CN(Cc2ccccc2)CCO1)c1cccc(NC(=O)C2CC2)c1. The van der Waals surface area contributed by atoms with E-state index in [2.05, 4.69) is 39.8 Å². The number of anilines is 1. The molecule has 2 N–H and O–H groups in total. The highest BCUT2D eigenvalue weighted by atomic mass is 16.5. The Morgan fingerprint density at radius 3 is 2.69 bits per heavy atom. The van der Waals surface area contributed by atoms with Crippen molar-refractivity contribution in [3.05, 3.63) is 65.7 Å². The smallest absolute Gasteiger partial charge is 0.251 e. The molecule has 29 heavy (non-hydrogen) atoms. The van der Waals surface area contributed by atoms with Crippen LogP contribution in [0.4, 0.5) is 5.69 Å². The third-order valence-corrected chi connectivity index (χ3v) is 5.30. The first-order chi connectivity index (χ1) is 14.2. The Morgan fingerprint density at radius 1 is 1.07 bits per heavy atom. The zero-order chi connectivity index (χ0) is 20.1. The van der Waals surface area contributed by atoms with Crippen LogP contribution >= 0.6 is 0 Å². The molecule has 1 atom stereocenters. The largest absolute Gasteiger partial charge is 0.374 e. The van der Waals surface area contributed by atoms with Crippen molar-refractivity contribution in [2.24, 2.45) is 5.92 Å². The molecule has 2 aromatic rings. The number of benzene rings is 2. The van der Waals surface area contributed by atoms with Crippen LogP contribution in [0.3, 0.4) is 0 Å². The van der Waals surface area contributed by atoms with E-state index in [-0.39, 0.29) is 23.8 Å². The van der Waals surface area contributed by atoms with Gasteiger partial charge in [0.2, 0.25) is 5.91 Å². The summed E-state index contributed by atoms with van der Waals surface area (Å²) in [5, 5.41) is 5.85. The van der Waals surface area contributed by atoms with Crippen molar-refractivity contribution >= 4 is 17.5 Å². The van der Waals surface area contributed by atoms with Gasteiger partial charge < -0.3 is 15.4 Å². The number of rotatable bonds is 7. The predicted molar refractivity (Wildman–Crippen MR) is 112 cm³/mol. The van der Waals surface area contributed by atoms with E-state index in [1.165, 1.54) is 5.56 Å². The molecule has 0 bridgehead atoms. The van der Waals surface area contributed by atoms with E-state index in [0.29, 0.717) is 24.4 Å². The number of amides is 2. The van der Waals surface area contributed by atoms with Crippen molar-refractivity contribution in [2.45, 2.75) is 25.5 Å². The normalized spacial score (nSPS) is 19.5. The van der Waals surface area contributed by atoms with Crippen LogP contribution < -0.4 is 10.6 Å².